The lowest BCUT2D eigenvalue weighted by Gasteiger charge is -2.06. The summed E-state index contributed by atoms with van der Waals surface area (Å²) in [5.41, 5.74) is 2.18. The lowest BCUT2D eigenvalue weighted by molar-refractivity contribution is -0.113. The number of carbonyl (C=O) groups excluding carboxylic acids is 1. The molecule has 0 unspecified atom stereocenters. The highest BCUT2D eigenvalue weighted by Crippen LogP contribution is 2.21. The van der Waals surface area contributed by atoms with Crippen LogP contribution in [0.1, 0.15) is 24.5 Å². The number of hydrogen-bond acceptors (Lipinski definition) is 3. The molecule has 114 valence electrons. The fourth-order valence-electron chi connectivity index (χ4n) is 2.05. The van der Waals surface area contributed by atoms with Gasteiger partial charge >= 0.3 is 0 Å². The Hall–Kier alpha value is -2.24. The van der Waals surface area contributed by atoms with Crippen LogP contribution in [0.2, 0.25) is 0 Å². The maximum Gasteiger partial charge on any atom is 0.238 e. The van der Waals surface area contributed by atoms with Gasteiger partial charge in [0.2, 0.25) is 10.0 Å². The second-order valence-electron chi connectivity index (χ2n) is 4.81. The number of nitrogens with two attached hydrogens (primary N) is 1. The lowest BCUT2D eigenvalue weighted by Crippen LogP contribution is -2.11. The van der Waals surface area contributed by atoms with E-state index < -0.39 is 10.0 Å². The summed E-state index contributed by atoms with van der Waals surface area (Å²) in [6.07, 6.45) is 2.16. The van der Waals surface area contributed by atoms with Gasteiger partial charge in [-0.2, -0.15) is 0 Å². The van der Waals surface area contributed by atoms with Crippen molar-refractivity contribution in [3.05, 3.63) is 65.7 Å². The number of allylic oxidation sites excluding steroid dienone is 1. The third-order valence-electron chi connectivity index (χ3n) is 3.23. The zero-order valence-electron chi connectivity index (χ0n) is 12.2. The third-order valence-corrected chi connectivity index (χ3v) is 4.16. The first-order valence-electron chi connectivity index (χ1n) is 6.85. The molecular weight excluding hydrogens is 298 g/mol. The highest BCUT2D eigenvalue weighted by molar-refractivity contribution is 7.89. The normalized spacial score (nSPS) is 12.2. The van der Waals surface area contributed by atoms with E-state index in [9.17, 15) is 13.2 Å². The first kappa shape index (κ1) is 16.1. The molecule has 2 aromatic carbocycles. The Bertz CT molecular complexity index is 792. The quantitative estimate of drug-likeness (QED) is 0.681. The van der Waals surface area contributed by atoms with E-state index in [1.807, 2.05) is 37.3 Å². The number of primary sulfonamides is 1. The van der Waals surface area contributed by atoms with Crippen molar-refractivity contribution in [2.75, 3.05) is 0 Å². The van der Waals surface area contributed by atoms with Gasteiger partial charge in [0, 0.05) is 12.0 Å². The molecule has 0 spiro atoms. The minimum Gasteiger partial charge on any atom is -0.294 e. The monoisotopic (exact) mass is 315 g/mol. The summed E-state index contributed by atoms with van der Waals surface area (Å²) in [5.74, 6) is 0.0294. The van der Waals surface area contributed by atoms with Gasteiger partial charge in [0.1, 0.15) is 0 Å². The maximum atomic E-state index is 12.2. The molecule has 0 aliphatic rings. The van der Waals surface area contributed by atoms with Gasteiger partial charge in [0.05, 0.1) is 4.90 Å². The largest absolute Gasteiger partial charge is 0.294 e. The van der Waals surface area contributed by atoms with Gasteiger partial charge < -0.3 is 0 Å². The number of benzene rings is 2. The van der Waals surface area contributed by atoms with Crippen molar-refractivity contribution in [1.82, 2.24) is 0 Å². The van der Waals surface area contributed by atoms with Crippen molar-refractivity contribution in [2.24, 2.45) is 5.14 Å². The molecule has 0 radical (unpaired) electrons. The number of rotatable bonds is 5. The van der Waals surface area contributed by atoms with Crippen LogP contribution in [0, 0.1) is 0 Å². The molecule has 2 rings (SSSR count). The van der Waals surface area contributed by atoms with Crippen LogP contribution in [0.4, 0.5) is 0 Å². The van der Waals surface area contributed by atoms with Crippen molar-refractivity contribution in [3.63, 3.8) is 0 Å². The average Bonchev–Trinajstić information content (AvgIpc) is 2.52. The highest BCUT2D eigenvalue weighted by Gasteiger charge is 2.11. The fourth-order valence-corrected chi connectivity index (χ4v) is 2.57. The number of Topliss-reactive ketones (excluding diaryl/α,β-unsaturated/α-hetero) is 1. The summed E-state index contributed by atoms with van der Waals surface area (Å²) in [5, 5.41) is 5.07. The minimum absolute atomic E-state index is 0.0294. The van der Waals surface area contributed by atoms with Crippen molar-refractivity contribution < 1.29 is 13.2 Å². The highest BCUT2D eigenvalue weighted by atomic mass is 32.2. The number of carbonyl (C=O) groups is 1. The molecule has 0 fully saturated rings. The molecule has 0 aromatic heterocycles. The maximum absolute atomic E-state index is 12.2. The second kappa shape index (κ2) is 6.68. The Labute approximate surface area is 130 Å². The van der Waals surface area contributed by atoms with Crippen molar-refractivity contribution in [1.29, 1.82) is 0 Å². The summed E-state index contributed by atoms with van der Waals surface area (Å²) in [6.45, 7) is 1.81. The van der Waals surface area contributed by atoms with E-state index in [0.29, 0.717) is 12.0 Å². The zero-order valence-corrected chi connectivity index (χ0v) is 13.0. The number of sulfonamides is 1. The second-order valence-corrected chi connectivity index (χ2v) is 6.38. The molecule has 0 aliphatic heterocycles. The third kappa shape index (κ3) is 3.90. The van der Waals surface area contributed by atoms with Crippen LogP contribution in [-0.4, -0.2) is 14.2 Å². The predicted molar refractivity (Wildman–Crippen MR) is 87.4 cm³/mol. The van der Waals surface area contributed by atoms with E-state index >= 15 is 0 Å². The van der Waals surface area contributed by atoms with E-state index in [2.05, 4.69) is 0 Å². The van der Waals surface area contributed by atoms with Crippen LogP contribution in [0.3, 0.4) is 0 Å². The summed E-state index contributed by atoms with van der Waals surface area (Å²) in [6, 6.07) is 15.5. The van der Waals surface area contributed by atoms with Crippen LogP contribution >= 0.6 is 0 Å². The van der Waals surface area contributed by atoms with Crippen LogP contribution in [0.15, 0.2) is 59.5 Å². The molecule has 22 heavy (non-hydrogen) atoms. The fraction of sp³-hybridized carbons (Fsp3) is 0.118. The van der Waals surface area contributed by atoms with E-state index in [1.165, 1.54) is 12.1 Å². The van der Waals surface area contributed by atoms with Gasteiger partial charge in [-0.05, 0) is 29.3 Å². The molecule has 4 nitrogen and oxygen atoms in total. The lowest BCUT2D eigenvalue weighted by atomic mass is 9.98. The van der Waals surface area contributed by atoms with Gasteiger partial charge in [-0.25, -0.2) is 13.6 Å². The molecule has 2 N–H and O–H groups in total. The SMILES string of the molecule is CCC(=O)/C(=C/c1ccc(S(N)(=O)=O)cc1)c1ccccc1. The molecule has 0 heterocycles. The van der Waals surface area contributed by atoms with Gasteiger partial charge in [0.25, 0.3) is 0 Å². The summed E-state index contributed by atoms with van der Waals surface area (Å²) >= 11 is 0. The molecule has 0 aliphatic carbocycles. The van der Waals surface area contributed by atoms with Crippen LogP contribution in [0.5, 0.6) is 0 Å². The zero-order chi connectivity index (χ0) is 16.2. The van der Waals surface area contributed by atoms with Gasteiger partial charge in [-0.1, -0.05) is 49.4 Å². The summed E-state index contributed by atoms with van der Waals surface area (Å²) < 4.78 is 22.5. The van der Waals surface area contributed by atoms with Crippen molar-refractivity contribution in [3.8, 4) is 0 Å². The van der Waals surface area contributed by atoms with E-state index in [-0.39, 0.29) is 10.7 Å². The van der Waals surface area contributed by atoms with Crippen LogP contribution in [0.25, 0.3) is 11.6 Å². The van der Waals surface area contributed by atoms with Gasteiger partial charge in [0.15, 0.2) is 5.78 Å². The first-order chi connectivity index (χ1) is 10.4. The molecule has 0 saturated heterocycles. The molecule has 5 heteroatoms. The Balaban J connectivity index is 2.44. The molecule has 0 amide bonds. The Morgan fingerprint density at radius 1 is 1.05 bits per heavy atom. The minimum atomic E-state index is -3.71. The van der Waals surface area contributed by atoms with E-state index in [1.54, 1.807) is 18.2 Å². The average molecular weight is 315 g/mol. The number of ketones is 1. The van der Waals surface area contributed by atoms with Crippen LogP contribution in [-0.2, 0) is 14.8 Å². The predicted octanol–water partition coefficient (Wildman–Crippen LogP) is 2.85. The smallest absolute Gasteiger partial charge is 0.238 e. The topological polar surface area (TPSA) is 77.2 Å². The van der Waals surface area contributed by atoms with Gasteiger partial charge in [-0.15, -0.1) is 0 Å². The Morgan fingerprint density at radius 2 is 1.64 bits per heavy atom. The molecule has 2 aromatic rings. The van der Waals surface area contributed by atoms with Crippen molar-refractivity contribution in [2.45, 2.75) is 18.2 Å². The van der Waals surface area contributed by atoms with Gasteiger partial charge in [-0.3, -0.25) is 4.79 Å². The summed E-state index contributed by atoms with van der Waals surface area (Å²) in [7, 11) is -3.71. The standard InChI is InChI=1S/C17H17NO3S/c1-2-17(19)16(14-6-4-3-5-7-14)12-13-8-10-15(11-9-13)22(18,20)21/h3-12H,2H2,1H3,(H2,18,20,21)/b16-12+. The first-order valence-corrected chi connectivity index (χ1v) is 8.39. The summed E-state index contributed by atoms with van der Waals surface area (Å²) in [4.78, 5) is 12.2. The molecule has 0 atom stereocenters. The molecule has 0 bridgehead atoms. The van der Waals surface area contributed by atoms with E-state index in [4.69, 9.17) is 5.14 Å². The Kier molecular flexibility index (Phi) is 4.90. The van der Waals surface area contributed by atoms with Crippen LogP contribution < -0.4 is 5.14 Å². The van der Waals surface area contributed by atoms with E-state index in [0.717, 1.165) is 11.1 Å². The molecule has 0 saturated carbocycles. The molecular formula is C17H17NO3S. The Morgan fingerprint density at radius 3 is 2.14 bits per heavy atom. The van der Waals surface area contributed by atoms with Crippen molar-refractivity contribution >= 4 is 27.5 Å². The number of hydrogen-bond donors (Lipinski definition) is 1.